The third-order valence-corrected chi connectivity index (χ3v) is 4.51. The minimum atomic E-state index is -0.845. The highest BCUT2D eigenvalue weighted by molar-refractivity contribution is 5.76. The first-order chi connectivity index (χ1) is 10.1. The monoisotopic (exact) mass is 293 g/mol. The van der Waals surface area contributed by atoms with Gasteiger partial charge >= 0.3 is 0 Å². The van der Waals surface area contributed by atoms with Crippen molar-refractivity contribution in [3.8, 4) is 0 Å². The van der Waals surface area contributed by atoms with E-state index < -0.39 is 11.6 Å². The summed E-state index contributed by atoms with van der Waals surface area (Å²) in [5.41, 5.74) is 6.97. The third kappa shape index (κ3) is 2.55. The van der Waals surface area contributed by atoms with Crippen LogP contribution in [0.25, 0.3) is 11.0 Å². The molecule has 1 aromatic heterocycles. The van der Waals surface area contributed by atoms with E-state index in [1.165, 1.54) is 31.4 Å². The Balaban J connectivity index is 2.17. The van der Waals surface area contributed by atoms with E-state index in [1.54, 1.807) is 0 Å². The Morgan fingerprint density at radius 1 is 1.24 bits per heavy atom. The van der Waals surface area contributed by atoms with Gasteiger partial charge in [-0.05, 0) is 19.8 Å². The maximum absolute atomic E-state index is 13.6. The molecule has 5 heteroatoms. The van der Waals surface area contributed by atoms with Gasteiger partial charge in [0.25, 0.3) is 0 Å². The molecule has 0 radical (unpaired) electrons. The summed E-state index contributed by atoms with van der Waals surface area (Å²) >= 11 is 0. The van der Waals surface area contributed by atoms with Gasteiger partial charge in [0.15, 0.2) is 11.6 Å². The molecule has 0 saturated heterocycles. The van der Waals surface area contributed by atoms with Crippen LogP contribution in [-0.4, -0.2) is 16.1 Å². The van der Waals surface area contributed by atoms with E-state index in [9.17, 15) is 8.78 Å². The summed E-state index contributed by atoms with van der Waals surface area (Å²) < 4.78 is 29.1. The molecule has 1 aliphatic carbocycles. The van der Waals surface area contributed by atoms with Crippen LogP contribution in [0.3, 0.4) is 0 Å². The fourth-order valence-electron chi connectivity index (χ4n) is 3.33. The fourth-order valence-corrected chi connectivity index (χ4v) is 3.33. The molecule has 0 spiro atoms. The van der Waals surface area contributed by atoms with Crippen LogP contribution < -0.4 is 5.73 Å². The van der Waals surface area contributed by atoms with E-state index in [0.29, 0.717) is 23.5 Å². The van der Waals surface area contributed by atoms with Crippen molar-refractivity contribution in [2.24, 2.45) is 5.73 Å². The van der Waals surface area contributed by atoms with Gasteiger partial charge in [0.1, 0.15) is 5.82 Å². The van der Waals surface area contributed by atoms with E-state index in [2.05, 4.69) is 4.98 Å². The van der Waals surface area contributed by atoms with Crippen molar-refractivity contribution in [2.75, 3.05) is 6.54 Å². The molecule has 114 valence electrons. The number of nitrogens with zero attached hydrogens (tertiary/aromatic N) is 2. The molecule has 1 unspecified atom stereocenters. The lowest BCUT2D eigenvalue weighted by Crippen LogP contribution is -2.20. The molecule has 3 nitrogen and oxygen atoms in total. The molecular formula is C16H21F2N3. The SMILES string of the molecule is CC(CN)n1c(C2CCCCC2)nc2cc(F)c(F)cc21. The molecule has 2 N–H and O–H groups in total. The molecule has 3 rings (SSSR count). The molecule has 0 bridgehead atoms. The van der Waals surface area contributed by atoms with Crippen LogP contribution in [0.2, 0.25) is 0 Å². The minimum Gasteiger partial charge on any atom is -0.328 e. The first-order valence-electron chi connectivity index (χ1n) is 7.68. The lowest BCUT2D eigenvalue weighted by molar-refractivity contribution is 0.405. The highest BCUT2D eigenvalue weighted by atomic mass is 19.2. The Hall–Kier alpha value is -1.49. The Morgan fingerprint density at radius 3 is 2.57 bits per heavy atom. The standard InChI is InChI=1S/C16H21F2N3/c1-10(9-19)21-15-8-13(18)12(17)7-14(15)20-16(21)11-5-3-2-4-6-11/h7-8,10-11H,2-6,9,19H2,1H3. The lowest BCUT2D eigenvalue weighted by Gasteiger charge is -2.24. The summed E-state index contributed by atoms with van der Waals surface area (Å²) in [5, 5.41) is 0. The molecule has 1 aliphatic rings. The quantitative estimate of drug-likeness (QED) is 0.933. The van der Waals surface area contributed by atoms with E-state index in [4.69, 9.17) is 5.73 Å². The zero-order valence-corrected chi connectivity index (χ0v) is 12.3. The van der Waals surface area contributed by atoms with E-state index in [0.717, 1.165) is 18.7 Å². The number of fused-ring (bicyclic) bond motifs is 1. The van der Waals surface area contributed by atoms with Gasteiger partial charge in [0, 0.05) is 30.6 Å². The molecule has 21 heavy (non-hydrogen) atoms. The summed E-state index contributed by atoms with van der Waals surface area (Å²) in [6.45, 7) is 2.44. The molecule has 1 aromatic carbocycles. The van der Waals surface area contributed by atoms with Crippen LogP contribution in [0.1, 0.15) is 56.8 Å². The highest BCUT2D eigenvalue weighted by Crippen LogP contribution is 2.35. The number of imidazole rings is 1. The predicted octanol–water partition coefficient (Wildman–Crippen LogP) is 3.88. The number of halogens is 2. The number of nitrogens with two attached hydrogens (primary N) is 1. The van der Waals surface area contributed by atoms with Crippen molar-refractivity contribution in [1.29, 1.82) is 0 Å². The van der Waals surface area contributed by atoms with Crippen LogP contribution in [0.15, 0.2) is 12.1 Å². The first-order valence-corrected chi connectivity index (χ1v) is 7.68. The van der Waals surface area contributed by atoms with Gasteiger partial charge in [-0.25, -0.2) is 13.8 Å². The van der Waals surface area contributed by atoms with Gasteiger partial charge in [-0.3, -0.25) is 0 Å². The van der Waals surface area contributed by atoms with Crippen LogP contribution in [0, 0.1) is 11.6 Å². The topological polar surface area (TPSA) is 43.8 Å². The molecule has 0 amide bonds. The molecule has 1 heterocycles. The number of rotatable bonds is 3. The molecule has 1 fully saturated rings. The Bertz CT molecular complexity index is 644. The second-order valence-electron chi connectivity index (χ2n) is 6.01. The van der Waals surface area contributed by atoms with Gasteiger partial charge < -0.3 is 10.3 Å². The predicted molar refractivity (Wildman–Crippen MR) is 79.2 cm³/mol. The van der Waals surface area contributed by atoms with Crippen molar-refractivity contribution in [3.63, 3.8) is 0 Å². The maximum atomic E-state index is 13.6. The third-order valence-electron chi connectivity index (χ3n) is 4.51. The number of hydrogen-bond donors (Lipinski definition) is 1. The summed E-state index contributed by atoms with van der Waals surface area (Å²) in [5.74, 6) is -0.371. The van der Waals surface area contributed by atoms with Gasteiger partial charge in [-0.15, -0.1) is 0 Å². The van der Waals surface area contributed by atoms with E-state index in [-0.39, 0.29) is 6.04 Å². The Labute approximate surface area is 123 Å². The molecule has 0 aliphatic heterocycles. The fraction of sp³-hybridized carbons (Fsp3) is 0.562. The van der Waals surface area contributed by atoms with Gasteiger partial charge in [0.05, 0.1) is 11.0 Å². The normalized spacial score (nSPS) is 18.3. The average Bonchev–Trinajstić information content (AvgIpc) is 2.86. The van der Waals surface area contributed by atoms with Gasteiger partial charge in [0.2, 0.25) is 0 Å². The number of hydrogen-bond acceptors (Lipinski definition) is 2. The van der Waals surface area contributed by atoms with Crippen molar-refractivity contribution in [2.45, 2.75) is 51.0 Å². The number of aromatic nitrogens is 2. The zero-order chi connectivity index (χ0) is 15.0. The Morgan fingerprint density at radius 2 is 1.90 bits per heavy atom. The minimum absolute atomic E-state index is 0.0248. The van der Waals surface area contributed by atoms with Crippen LogP contribution >= 0.6 is 0 Å². The lowest BCUT2D eigenvalue weighted by atomic mass is 9.88. The van der Waals surface area contributed by atoms with Crippen LogP contribution in [0.5, 0.6) is 0 Å². The van der Waals surface area contributed by atoms with Crippen molar-refractivity contribution in [3.05, 3.63) is 29.6 Å². The van der Waals surface area contributed by atoms with Crippen molar-refractivity contribution < 1.29 is 8.78 Å². The molecule has 1 atom stereocenters. The zero-order valence-electron chi connectivity index (χ0n) is 12.3. The average molecular weight is 293 g/mol. The highest BCUT2D eigenvalue weighted by Gasteiger charge is 2.25. The second-order valence-corrected chi connectivity index (χ2v) is 6.01. The van der Waals surface area contributed by atoms with E-state index >= 15 is 0 Å². The largest absolute Gasteiger partial charge is 0.328 e. The summed E-state index contributed by atoms with van der Waals surface area (Å²) in [6, 6.07) is 2.46. The van der Waals surface area contributed by atoms with Crippen molar-refractivity contribution >= 4 is 11.0 Å². The molecule has 1 saturated carbocycles. The second kappa shape index (κ2) is 5.72. The van der Waals surface area contributed by atoms with Gasteiger partial charge in [-0.2, -0.15) is 0 Å². The molecular weight excluding hydrogens is 272 g/mol. The summed E-state index contributed by atoms with van der Waals surface area (Å²) in [7, 11) is 0. The van der Waals surface area contributed by atoms with E-state index in [1.807, 2.05) is 11.5 Å². The number of benzene rings is 1. The smallest absolute Gasteiger partial charge is 0.161 e. The van der Waals surface area contributed by atoms with Crippen LogP contribution in [-0.2, 0) is 0 Å². The Kier molecular flexibility index (Phi) is 3.93. The summed E-state index contributed by atoms with van der Waals surface area (Å²) in [6.07, 6.45) is 5.81. The van der Waals surface area contributed by atoms with Crippen LogP contribution in [0.4, 0.5) is 8.78 Å². The van der Waals surface area contributed by atoms with Gasteiger partial charge in [-0.1, -0.05) is 19.3 Å². The molecule has 2 aromatic rings. The maximum Gasteiger partial charge on any atom is 0.161 e. The first kappa shape index (κ1) is 14.4. The summed E-state index contributed by atoms with van der Waals surface area (Å²) in [4.78, 5) is 4.61. The van der Waals surface area contributed by atoms with Crippen molar-refractivity contribution in [1.82, 2.24) is 9.55 Å².